The van der Waals surface area contributed by atoms with E-state index in [2.05, 4.69) is 20.9 Å². The van der Waals surface area contributed by atoms with Gasteiger partial charge in [-0.05, 0) is 42.5 Å². The van der Waals surface area contributed by atoms with Crippen LogP contribution in [0.5, 0.6) is 0 Å². The van der Waals surface area contributed by atoms with E-state index >= 15 is 0 Å². The van der Waals surface area contributed by atoms with Crippen LogP contribution in [0.15, 0.2) is 35.5 Å². The zero-order valence-corrected chi connectivity index (χ0v) is 14.0. The first-order valence-electron chi connectivity index (χ1n) is 7.77. The van der Waals surface area contributed by atoms with Crippen LogP contribution in [0.4, 0.5) is 10.6 Å². The van der Waals surface area contributed by atoms with Gasteiger partial charge in [-0.15, -0.1) is 0 Å². The van der Waals surface area contributed by atoms with Gasteiger partial charge in [0.1, 0.15) is 12.4 Å². The van der Waals surface area contributed by atoms with E-state index in [4.69, 9.17) is 4.74 Å². The molecule has 1 aliphatic carbocycles. The van der Waals surface area contributed by atoms with E-state index < -0.39 is 0 Å². The van der Waals surface area contributed by atoms with Gasteiger partial charge < -0.3 is 9.46 Å². The molecule has 0 aromatic carbocycles. The van der Waals surface area contributed by atoms with Gasteiger partial charge in [0, 0.05) is 18.1 Å². The molecule has 24 heavy (non-hydrogen) atoms. The highest BCUT2D eigenvalue weighted by atomic mass is 32.2. The Labute approximate surface area is 143 Å². The van der Waals surface area contributed by atoms with Crippen molar-refractivity contribution in [3.8, 4) is 0 Å². The third-order valence-electron chi connectivity index (χ3n) is 4.07. The maximum Gasteiger partial charge on any atom is 0.415 e. The number of rotatable bonds is 4. The Morgan fingerprint density at radius 2 is 2.25 bits per heavy atom. The second-order valence-electron chi connectivity index (χ2n) is 5.62. The predicted octanol–water partition coefficient (Wildman–Crippen LogP) is 2.36. The molecule has 3 heterocycles. The maximum atomic E-state index is 11.5. The average molecular weight is 343 g/mol. The van der Waals surface area contributed by atoms with Gasteiger partial charge >= 0.3 is 6.09 Å². The van der Waals surface area contributed by atoms with Gasteiger partial charge in [-0.1, -0.05) is 6.08 Å². The van der Waals surface area contributed by atoms with Crippen molar-refractivity contribution in [1.29, 1.82) is 0 Å². The van der Waals surface area contributed by atoms with Gasteiger partial charge in [0.05, 0.1) is 24.1 Å². The van der Waals surface area contributed by atoms with Gasteiger partial charge in [-0.3, -0.25) is 9.58 Å². The van der Waals surface area contributed by atoms with E-state index in [0.29, 0.717) is 19.0 Å². The van der Waals surface area contributed by atoms with Crippen LogP contribution in [-0.4, -0.2) is 34.0 Å². The van der Waals surface area contributed by atoms with Crippen LogP contribution in [0, 0.1) is 0 Å². The Balaban J connectivity index is 1.44. The number of nitrogens with one attached hydrogen (secondary N) is 1. The number of aromatic nitrogens is 3. The molecule has 1 fully saturated rings. The largest absolute Gasteiger partial charge is 0.447 e. The highest BCUT2D eigenvalue weighted by Crippen LogP contribution is 2.27. The minimum Gasteiger partial charge on any atom is -0.447 e. The number of ether oxygens (including phenoxy) is 1. The van der Waals surface area contributed by atoms with Crippen molar-refractivity contribution in [2.45, 2.75) is 17.7 Å². The number of aryl methyl sites for hydroxylation is 2. The molecule has 0 unspecified atom stereocenters. The summed E-state index contributed by atoms with van der Waals surface area (Å²) < 4.78 is 10.2. The van der Waals surface area contributed by atoms with E-state index in [1.54, 1.807) is 6.20 Å². The summed E-state index contributed by atoms with van der Waals surface area (Å²) in [6, 6.07) is 3.78. The smallest absolute Gasteiger partial charge is 0.415 e. The Kier molecular flexibility index (Phi) is 3.89. The summed E-state index contributed by atoms with van der Waals surface area (Å²) in [5.74, 6) is 0.618. The van der Waals surface area contributed by atoms with Crippen molar-refractivity contribution in [3.63, 3.8) is 0 Å². The van der Waals surface area contributed by atoms with Crippen LogP contribution < -0.4 is 9.62 Å². The Morgan fingerprint density at radius 3 is 3.00 bits per heavy atom. The third kappa shape index (κ3) is 2.73. The lowest BCUT2D eigenvalue weighted by Crippen LogP contribution is -2.24. The number of carbonyl (C=O) groups excluding carboxylic acids is 1. The molecule has 0 spiro atoms. The number of fused-ring (bicyclic) bond motifs is 1. The molecule has 1 aliphatic heterocycles. The van der Waals surface area contributed by atoms with Crippen LogP contribution in [0.3, 0.4) is 0 Å². The van der Waals surface area contributed by atoms with Crippen molar-refractivity contribution in [2.24, 2.45) is 7.05 Å². The standard InChI is InChI=1S/C16H17N5O2S/c1-20-15-11(9-18-20)3-2-4-13(15)19-24-12-5-6-14(17-10-12)21-7-8-23-16(21)22/h4-6,9-10,19H,2-3,7-8H2,1H3. The number of hydrogen-bond donors (Lipinski definition) is 1. The van der Waals surface area contributed by atoms with Gasteiger partial charge in [0.15, 0.2) is 0 Å². The lowest BCUT2D eigenvalue weighted by molar-refractivity contribution is 0.181. The van der Waals surface area contributed by atoms with Crippen LogP contribution in [0.25, 0.3) is 5.70 Å². The molecule has 1 amide bonds. The number of nitrogens with zero attached hydrogens (tertiary/aromatic N) is 4. The summed E-state index contributed by atoms with van der Waals surface area (Å²) in [6.07, 6.45) is 7.58. The predicted molar refractivity (Wildman–Crippen MR) is 91.4 cm³/mol. The van der Waals surface area contributed by atoms with E-state index in [-0.39, 0.29) is 6.09 Å². The molecule has 8 heteroatoms. The molecule has 2 aromatic rings. The molecular weight excluding hydrogens is 326 g/mol. The van der Waals surface area contributed by atoms with Gasteiger partial charge in [0.2, 0.25) is 0 Å². The molecule has 0 atom stereocenters. The molecule has 2 aliphatic rings. The highest BCUT2D eigenvalue weighted by Gasteiger charge is 2.24. The first kappa shape index (κ1) is 15.1. The number of amides is 1. The summed E-state index contributed by atoms with van der Waals surface area (Å²) in [4.78, 5) is 18.4. The van der Waals surface area contributed by atoms with E-state index in [9.17, 15) is 4.79 Å². The van der Waals surface area contributed by atoms with E-state index in [1.165, 1.54) is 22.4 Å². The molecule has 1 saturated heterocycles. The minimum absolute atomic E-state index is 0.336. The molecule has 0 radical (unpaired) electrons. The maximum absolute atomic E-state index is 11.5. The van der Waals surface area contributed by atoms with Gasteiger partial charge in [0.25, 0.3) is 0 Å². The molecule has 124 valence electrons. The summed E-state index contributed by atoms with van der Waals surface area (Å²) in [6.45, 7) is 0.965. The van der Waals surface area contributed by atoms with Crippen LogP contribution in [0.2, 0.25) is 0 Å². The highest BCUT2D eigenvalue weighted by molar-refractivity contribution is 7.97. The molecule has 0 saturated carbocycles. The molecule has 2 aromatic heterocycles. The molecule has 7 nitrogen and oxygen atoms in total. The van der Waals surface area contributed by atoms with Crippen molar-refractivity contribution in [2.75, 3.05) is 18.1 Å². The summed E-state index contributed by atoms with van der Waals surface area (Å²) in [7, 11) is 1.95. The van der Waals surface area contributed by atoms with E-state index in [1.807, 2.05) is 30.1 Å². The van der Waals surface area contributed by atoms with Crippen LogP contribution >= 0.6 is 11.9 Å². The quantitative estimate of drug-likeness (QED) is 0.859. The summed E-state index contributed by atoms with van der Waals surface area (Å²) in [5, 5.41) is 4.33. The first-order valence-corrected chi connectivity index (χ1v) is 8.58. The number of anilines is 1. The number of cyclic esters (lactones) is 1. The van der Waals surface area contributed by atoms with Crippen molar-refractivity contribution >= 4 is 29.6 Å². The molecular formula is C16H17N5O2S. The van der Waals surface area contributed by atoms with Crippen molar-refractivity contribution < 1.29 is 9.53 Å². The topological polar surface area (TPSA) is 72.3 Å². The fourth-order valence-corrected chi connectivity index (χ4v) is 3.53. The van der Waals surface area contributed by atoms with Crippen LogP contribution in [-0.2, 0) is 18.2 Å². The summed E-state index contributed by atoms with van der Waals surface area (Å²) >= 11 is 1.50. The Bertz CT molecular complexity index is 799. The Morgan fingerprint density at radius 1 is 1.33 bits per heavy atom. The number of pyridine rings is 1. The van der Waals surface area contributed by atoms with Crippen molar-refractivity contribution in [1.82, 2.24) is 19.5 Å². The Hall–Kier alpha value is -2.48. The number of allylic oxidation sites excluding steroid dienone is 1. The lowest BCUT2D eigenvalue weighted by Gasteiger charge is -2.16. The molecule has 1 N–H and O–H groups in total. The van der Waals surface area contributed by atoms with Crippen molar-refractivity contribution in [3.05, 3.63) is 41.9 Å². The number of carbonyl (C=O) groups is 1. The SMILES string of the molecule is Cn1ncc2c1C(NSc1ccc(N3CCOC3=O)nc1)=CCC2. The lowest BCUT2D eigenvalue weighted by atomic mass is 10.0. The molecule has 4 rings (SSSR count). The fraction of sp³-hybridized carbons (Fsp3) is 0.312. The van der Waals surface area contributed by atoms with E-state index in [0.717, 1.165) is 29.1 Å². The number of hydrogen-bond acceptors (Lipinski definition) is 6. The van der Waals surface area contributed by atoms with Crippen LogP contribution in [0.1, 0.15) is 17.7 Å². The monoisotopic (exact) mass is 343 g/mol. The average Bonchev–Trinajstić information content (AvgIpc) is 3.20. The summed E-state index contributed by atoms with van der Waals surface area (Å²) in [5.41, 5.74) is 3.48. The first-order chi connectivity index (χ1) is 11.7. The van der Waals surface area contributed by atoms with Gasteiger partial charge in [-0.25, -0.2) is 9.78 Å². The zero-order valence-electron chi connectivity index (χ0n) is 13.2. The second-order valence-corrected chi connectivity index (χ2v) is 6.50. The second kappa shape index (κ2) is 6.20. The fourth-order valence-electron chi connectivity index (χ4n) is 2.88. The van der Waals surface area contributed by atoms with Gasteiger partial charge in [-0.2, -0.15) is 5.10 Å². The normalized spacial score (nSPS) is 16.6. The molecule has 0 bridgehead atoms. The third-order valence-corrected chi connectivity index (χ3v) is 4.87. The zero-order chi connectivity index (χ0) is 16.5. The minimum atomic E-state index is -0.336.